The molecule has 32 heavy (non-hydrogen) atoms. The average molecular weight is 442 g/mol. The van der Waals surface area contributed by atoms with Crippen LogP contribution in [0.5, 0.6) is 5.75 Å². The standard InChI is InChI=1S/C24H31N3O5/c1-24(2,3)32-23(30)27-11-9-20(27)16-31-21-13-19(14-25-15-21)18-8-4-6-17(12-18)7-5-10-26-22(28)29/h4,6,8,12-15,20,26H,5,7,9-11,16H2,1-3H3,(H,28,29)/t20-/m0/s1. The number of aryl methyl sites for hydroxylation is 1. The summed E-state index contributed by atoms with van der Waals surface area (Å²) in [5, 5.41) is 11.0. The number of hydrogen-bond donors (Lipinski definition) is 2. The summed E-state index contributed by atoms with van der Waals surface area (Å²) in [5.74, 6) is 0.648. The SMILES string of the molecule is CC(C)(C)OC(=O)N1CC[C@H]1COc1cncc(-c2cccc(CCCNC(=O)O)c2)c1. The largest absolute Gasteiger partial charge is 0.490 e. The number of pyridine rings is 1. The molecule has 0 aliphatic carbocycles. The zero-order chi connectivity index (χ0) is 23.1. The van der Waals surface area contributed by atoms with Gasteiger partial charge in [-0.05, 0) is 57.2 Å². The highest BCUT2D eigenvalue weighted by molar-refractivity contribution is 5.69. The van der Waals surface area contributed by atoms with Crippen LogP contribution in [0.4, 0.5) is 9.59 Å². The molecule has 2 amide bonds. The normalized spacial score (nSPS) is 15.6. The molecule has 1 aromatic carbocycles. The second-order valence-corrected chi connectivity index (χ2v) is 8.87. The first kappa shape index (κ1) is 23.4. The number of carbonyl (C=O) groups excluding carboxylic acids is 1. The van der Waals surface area contributed by atoms with Crippen LogP contribution in [0.1, 0.15) is 39.2 Å². The lowest BCUT2D eigenvalue weighted by Gasteiger charge is -2.40. The molecule has 0 bridgehead atoms. The maximum absolute atomic E-state index is 12.3. The third-order valence-electron chi connectivity index (χ3n) is 5.11. The van der Waals surface area contributed by atoms with Crippen molar-refractivity contribution in [1.82, 2.24) is 15.2 Å². The summed E-state index contributed by atoms with van der Waals surface area (Å²) in [6.07, 6.45) is 4.53. The number of rotatable bonds is 8. The Hall–Kier alpha value is -3.29. The quantitative estimate of drug-likeness (QED) is 0.591. The van der Waals surface area contributed by atoms with Gasteiger partial charge in [-0.15, -0.1) is 0 Å². The Kier molecular flexibility index (Phi) is 7.56. The van der Waals surface area contributed by atoms with E-state index in [-0.39, 0.29) is 12.1 Å². The van der Waals surface area contributed by atoms with E-state index in [9.17, 15) is 9.59 Å². The van der Waals surface area contributed by atoms with E-state index in [1.807, 2.05) is 45.0 Å². The number of likely N-dealkylation sites (tertiary alicyclic amines) is 1. The number of ether oxygens (including phenoxy) is 2. The molecule has 0 unspecified atom stereocenters. The molecule has 1 fully saturated rings. The lowest BCUT2D eigenvalue weighted by atomic mass is 10.0. The zero-order valence-electron chi connectivity index (χ0n) is 18.8. The van der Waals surface area contributed by atoms with E-state index >= 15 is 0 Å². The van der Waals surface area contributed by atoms with Gasteiger partial charge >= 0.3 is 12.2 Å². The van der Waals surface area contributed by atoms with Crippen molar-refractivity contribution in [2.75, 3.05) is 19.7 Å². The smallest absolute Gasteiger partial charge is 0.410 e. The Bertz CT molecular complexity index is 941. The number of hydrogen-bond acceptors (Lipinski definition) is 5. The van der Waals surface area contributed by atoms with Crippen molar-refractivity contribution in [2.24, 2.45) is 0 Å². The van der Waals surface area contributed by atoms with Crippen LogP contribution in [-0.4, -0.2) is 58.5 Å². The van der Waals surface area contributed by atoms with E-state index in [1.54, 1.807) is 17.3 Å². The summed E-state index contributed by atoms with van der Waals surface area (Å²) < 4.78 is 11.4. The Morgan fingerprint density at radius 2 is 2.03 bits per heavy atom. The first-order chi connectivity index (χ1) is 15.2. The van der Waals surface area contributed by atoms with Crippen LogP contribution in [0, 0.1) is 0 Å². The molecule has 2 aromatic rings. The fraction of sp³-hybridized carbons (Fsp3) is 0.458. The van der Waals surface area contributed by atoms with Crippen LogP contribution in [0.3, 0.4) is 0 Å². The van der Waals surface area contributed by atoms with Crippen molar-refractivity contribution >= 4 is 12.2 Å². The van der Waals surface area contributed by atoms with Crippen LogP contribution < -0.4 is 10.1 Å². The van der Waals surface area contributed by atoms with E-state index in [4.69, 9.17) is 14.6 Å². The maximum Gasteiger partial charge on any atom is 0.410 e. The predicted molar refractivity (Wildman–Crippen MR) is 121 cm³/mol. The number of aromatic nitrogens is 1. The summed E-state index contributed by atoms with van der Waals surface area (Å²) >= 11 is 0. The van der Waals surface area contributed by atoms with Gasteiger partial charge in [0.2, 0.25) is 0 Å². The summed E-state index contributed by atoms with van der Waals surface area (Å²) in [5.41, 5.74) is 2.57. The molecular weight excluding hydrogens is 410 g/mol. The lowest BCUT2D eigenvalue weighted by molar-refractivity contribution is -0.0141. The Balaban J connectivity index is 1.56. The van der Waals surface area contributed by atoms with Crippen molar-refractivity contribution < 1.29 is 24.2 Å². The molecule has 1 atom stereocenters. The third kappa shape index (κ3) is 6.87. The number of benzene rings is 1. The molecule has 1 aliphatic heterocycles. The number of nitrogens with zero attached hydrogens (tertiary/aromatic N) is 2. The summed E-state index contributed by atoms with van der Waals surface area (Å²) in [4.78, 5) is 28.8. The molecule has 0 radical (unpaired) electrons. The second-order valence-electron chi connectivity index (χ2n) is 8.87. The van der Waals surface area contributed by atoms with Crippen molar-refractivity contribution in [3.63, 3.8) is 0 Å². The fourth-order valence-electron chi connectivity index (χ4n) is 3.42. The van der Waals surface area contributed by atoms with Gasteiger partial charge in [0.25, 0.3) is 0 Å². The molecule has 2 N–H and O–H groups in total. The molecule has 1 saturated heterocycles. The molecule has 1 aliphatic rings. The van der Waals surface area contributed by atoms with Gasteiger partial charge in [0.05, 0.1) is 12.2 Å². The first-order valence-corrected chi connectivity index (χ1v) is 10.8. The van der Waals surface area contributed by atoms with Gasteiger partial charge in [0.1, 0.15) is 18.0 Å². The molecule has 0 spiro atoms. The van der Waals surface area contributed by atoms with Crippen LogP contribution in [0.25, 0.3) is 11.1 Å². The van der Waals surface area contributed by atoms with Crippen LogP contribution >= 0.6 is 0 Å². The van der Waals surface area contributed by atoms with Crippen LogP contribution in [0.2, 0.25) is 0 Å². The number of carbonyl (C=O) groups is 2. The van der Waals surface area contributed by atoms with Crippen molar-refractivity contribution in [3.8, 4) is 16.9 Å². The van der Waals surface area contributed by atoms with E-state index < -0.39 is 11.7 Å². The average Bonchev–Trinajstić information content (AvgIpc) is 2.69. The molecule has 172 valence electrons. The third-order valence-corrected chi connectivity index (χ3v) is 5.11. The zero-order valence-corrected chi connectivity index (χ0v) is 18.8. The van der Waals surface area contributed by atoms with Gasteiger partial charge in [0.15, 0.2) is 0 Å². The maximum atomic E-state index is 12.3. The van der Waals surface area contributed by atoms with E-state index in [0.29, 0.717) is 25.4 Å². The van der Waals surface area contributed by atoms with E-state index in [1.165, 1.54) is 0 Å². The van der Waals surface area contributed by atoms with E-state index in [0.717, 1.165) is 36.0 Å². The topological polar surface area (TPSA) is 101 Å². The molecule has 8 nitrogen and oxygen atoms in total. The molecule has 0 saturated carbocycles. The van der Waals surface area contributed by atoms with Gasteiger partial charge in [-0.3, -0.25) is 4.98 Å². The minimum absolute atomic E-state index is 0.00348. The van der Waals surface area contributed by atoms with Gasteiger partial charge in [0, 0.05) is 24.8 Å². The highest BCUT2D eigenvalue weighted by Crippen LogP contribution is 2.26. The van der Waals surface area contributed by atoms with Crippen molar-refractivity contribution in [1.29, 1.82) is 0 Å². The highest BCUT2D eigenvalue weighted by Gasteiger charge is 2.35. The minimum atomic E-state index is -1.00. The van der Waals surface area contributed by atoms with Crippen molar-refractivity contribution in [2.45, 2.75) is 51.7 Å². The number of amides is 2. The molecule has 2 heterocycles. The second kappa shape index (κ2) is 10.3. The van der Waals surface area contributed by atoms with Gasteiger partial charge in [-0.2, -0.15) is 0 Å². The molecule has 1 aromatic heterocycles. The Labute approximate surface area is 188 Å². The summed E-state index contributed by atoms with van der Waals surface area (Å²) in [6, 6.07) is 10.0. The first-order valence-electron chi connectivity index (χ1n) is 10.8. The highest BCUT2D eigenvalue weighted by atomic mass is 16.6. The predicted octanol–water partition coefficient (Wildman–Crippen LogP) is 4.34. The van der Waals surface area contributed by atoms with Gasteiger partial charge in [-0.1, -0.05) is 24.3 Å². The fourth-order valence-corrected chi connectivity index (χ4v) is 3.42. The Morgan fingerprint density at radius 1 is 1.22 bits per heavy atom. The molecule has 3 rings (SSSR count). The monoisotopic (exact) mass is 441 g/mol. The minimum Gasteiger partial charge on any atom is -0.490 e. The lowest BCUT2D eigenvalue weighted by Crippen LogP contribution is -2.55. The number of carboxylic acid groups (broad SMARTS) is 1. The summed E-state index contributed by atoms with van der Waals surface area (Å²) in [6.45, 7) is 7.06. The number of nitrogens with one attached hydrogen (secondary N) is 1. The summed E-state index contributed by atoms with van der Waals surface area (Å²) in [7, 11) is 0. The van der Waals surface area contributed by atoms with Crippen LogP contribution in [0.15, 0.2) is 42.7 Å². The van der Waals surface area contributed by atoms with Gasteiger partial charge in [-0.25, -0.2) is 9.59 Å². The molecule has 8 heteroatoms. The van der Waals surface area contributed by atoms with Crippen molar-refractivity contribution in [3.05, 3.63) is 48.3 Å². The van der Waals surface area contributed by atoms with E-state index in [2.05, 4.69) is 16.4 Å². The Morgan fingerprint density at radius 3 is 2.72 bits per heavy atom. The molecular formula is C24H31N3O5. The van der Waals surface area contributed by atoms with Crippen LogP contribution in [-0.2, 0) is 11.2 Å². The van der Waals surface area contributed by atoms with Gasteiger partial charge < -0.3 is 24.8 Å².